The molecular weight excluding hydrogens is 434 g/mol. The maximum atomic E-state index is 13.1. The number of methoxy groups -OCH3 is 1. The lowest BCUT2D eigenvalue weighted by Gasteiger charge is -2.29. The second-order valence-corrected chi connectivity index (χ2v) is 10.7. The van der Waals surface area contributed by atoms with Gasteiger partial charge in [0.1, 0.15) is 10.5 Å². The van der Waals surface area contributed by atoms with E-state index in [9.17, 15) is 4.79 Å². The molecule has 4 aromatic rings. The molecule has 1 aliphatic carbocycles. The van der Waals surface area contributed by atoms with Gasteiger partial charge in [-0.2, -0.15) is 0 Å². The van der Waals surface area contributed by atoms with Gasteiger partial charge in [-0.05, 0) is 76.6 Å². The standard InChI is InChI=1S/C26H29N3O3S/c1-15-20(23(25(30)31-5)32-26(2,3)4)21(16-10-12-29-13-11-27-19(29)14-16)22-17-8-6-7-9-18(17)33-24(22)28-15/h10-14,23H,6-9H2,1-5H3. The number of carbonyl (C=O) groups is 1. The van der Waals surface area contributed by atoms with Gasteiger partial charge >= 0.3 is 5.97 Å². The first kappa shape index (κ1) is 22.0. The molecule has 5 rings (SSSR count). The number of thiophene rings is 1. The predicted octanol–water partition coefficient (Wildman–Crippen LogP) is 5.83. The van der Waals surface area contributed by atoms with E-state index in [1.807, 2.05) is 44.5 Å². The van der Waals surface area contributed by atoms with Crippen molar-refractivity contribution in [3.8, 4) is 11.1 Å². The Hall–Kier alpha value is -2.77. The summed E-state index contributed by atoms with van der Waals surface area (Å²) >= 11 is 1.79. The molecule has 0 bridgehead atoms. The quantitative estimate of drug-likeness (QED) is 0.356. The van der Waals surface area contributed by atoms with E-state index in [1.54, 1.807) is 17.5 Å². The van der Waals surface area contributed by atoms with Gasteiger partial charge in [-0.25, -0.2) is 14.8 Å². The SMILES string of the molecule is COC(=O)C(OC(C)(C)C)c1c(C)nc2sc3c(c2c1-c1ccn2ccnc2c1)CCCC3. The summed E-state index contributed by atoms with van der Waals surface area (Å²) < 4.78 is 13.5. The maximum absolute atomic E-state index is 13.1. The molecule has 0 aromatic carbocycles. The Morgan fingerprint density at radius 3 is 2.76 bits per heavy atom. The first-order valence-electron chi connectivity index (χ1n) is 11.4. The molecular formula is C26H29N3O3S. The minimum Gasteiger partial charge on any atom is -0.467 e. The Bertz CT molecular complexity index is 1360. The Kier molecular flexibility index (Phi) is 5.49. The molecule has 0 saturated heterocycles. The number of aromatic nitrogens is 3. The zero-order valence-electron chi connectivity index (χ0n) is 19.8. The van der Waals surface area contributed by atoms with Gasteiger partial charge in [-0.1, -0.05) is 0 Å². The molecule has 0 N–H and O–H groups in total. The summed E-state index contributed by atoms with van der Waals surface area (Å²) in [5, 5.41) is 1.15. The largest absolute Gasteiger partial charge is 0.467 e. The molecule has 6 nitrogen and oxygen atoms in total. The molecule has 33 heavy (non-hydrogen) atoms. The van der Waals surface area contributed by atoms with E-state index in [0.29, 0.717) is 0 Å². The van der Waals surface area contributed by atoms with Crippen LogP contribution in [0.25, 0.3) is 27.0 Å². The number of pyridine rings is 2. The van der Waals surface area contributed by atoms with Crippen LogP contribution >= 0.6 is 11.3 Å². The summed E-state index contributed by atoms with van der Waals surface area (Å²) in [4.78, 5) is 25.0. The summed E-state index contributed by atoms with van der Waals surface area (Å²) in [6.07, 6.45) is 9.35. The van der Waals surface area contributed by atoms with Gasteiger partial charge in [0, 0.05) is 45.7 Å². The van der Waals surface area contributed by atoms with Crippen LogP contribution in [0.1, 0.15) is 61.4 Å². The number of ether oxygens (including phenoxy) is 2. The van der Waals surface area contributed by atoms with Crippen LogP contribution in [0.4, 0.5) is 0 Å². The Balaban J connectivity index is 1.87. The average molecular weight is 464 g/mol. The van der Waals surface area contributed by atoms with Crippen LogP contribution in [0.2, 0.25) is 0 Å². The highest BCUT2D eigenvalue weighted by Crippen LogP contribution is 2.46. The van der Waals surface area contributed by atoms with Crippen LogP contribution < -0.4 is 0 Å². The van der Waals surface area contributed by atoms with Crippen LogP contribution in [-0.2, 0) is 27.1 Å². The van der Waals surface area contributed by atoms with Crippen molar-refractivity contribution in [2.24, 2.45) is 0 Å². The van der Waals surface area contributed by atoms with E-state index in [-0.39, 0.29) is 0 Å². The summed E-state index contributed by atoms with van der Waals surface area (Å²) in [5.41, 5.74) is 5.28. The summed E-state index contributed by atoms with van der Waals surface area (Å²) in [5.74, 6) is -0.415. The zero-order valence-corrected chi connectivity index (χ0v) is 20.6. The van der Waals surface area contributed by atoms with Crippen LogP contribution in [0.3, 0.4) is 0 Å². The van der Waals surface area contributed by atoms with Crippen molar-refractivity contribution in [2.45, 2.75) is 65.1 Å². The molecule has 0 amide bonds. The molecule has 1 unspecified atom stereocenters. The third kappa shape index (κ3) is 3.93. The number of esters is 1. The lowest BCUT2D eigenvalue weighted by atomic mass is 9.88. The number of hydrogen-bond donors (Lipinski definition) is 0. The van der Waals surface area contributed by atoms with E-state index in [4.69, 9.17) is 14.5 Å². The fourth-order valence-electron chi connectivity index (χ4n) is 4.79. The minimum atomic E-state index is -0.878. The Morgan fingerprint density at radius 1 is 1.21 bits per heavy atom. The van der Waals surface area contributed by atoms with Crippen LogP contribution in [-0.4, -0.2) is 33.0 Å². The van der Waals surface area contributed by atoms with Crippen LogP contribution in [0.5, 0.6) is 0 Å². The molecule has 0 fully saturated rings. The number of imidazole rings is 1. The molecule has 0 aliphatic heterocycles. The van der Waals surface area contributed by atoms with Crippen molar-refractivity contribution < 1.29 is 14.3 Å². The lowest BCUT2D eigenvalue weighted by molar-refractivity contribution is -0.164. The van der Waals surface area contributed by atoms with Crippen LogP contribution in [0.15, 0.2) is 30.7 Å². The lowest BCUT2D eigenvalue weighted by Crippen LogP contribution is -2.29. The fraction of sp³-hybridized carbons (Fsp3) is 0.423. The number of hydrogen-bond acceptors (Lipinski definition) is 6. The second-order valence-electron chi connectivity index (χ2n) is 9.62. The highest BCUT2D eigenvalue weighted by atomic mass is 32.1. The molecule has 0 radical (unpaired) electrons. The number of fused-ring (bicyclic) bond motifs is 4. The van der Waals surface area contributed by atoms with E-state index < -0.39 is 17.7 Å². The topological polar surface area (TPSA) is 65.7 Å². The highest BCUT2D eigenvalue weighted by Gasteiger charge is 2.34. The average Bonchev–Trinajstić information content (AvgIpc) is 3.39. The van der Waals surface area contributed by atoms with Gasteiger partial charge in [0.15, 0.2) is 6.10 Å². The van der Waals surface area contributed by atoms with Crippen molar-refractivity contribution in [3.05, 3.63) is 52.4 Å². The summed E-state index contributed by atoms with van der Waals surface area (Å²) in [7, 11) is 1.41. The van der Waals surface area contributed by atoms with Gasteiger partial charge in [0.05, 0.1) is 12.7 Å². The van der Waals surface area contributed by atoms with E-state index in [2.05, 4.69) is 17.1 Å². The van der Waals surface area contributed by atoms with Crippen molar-refractivity contribution in [3.63, 3.8) is 0 Å². The maximum Gasteiger partial charge on any atom is 0.339 e. The fourth-order valence-corrected chi connectivity index (χ4v) is 6.11. The Labute approximate surface area is 197 Å². The smallest absolute Gasteiger partial charge is 0.339 e. The van der Waals surface area contributed by atoms with Gasteiger partial charge in [-0.3, -0.25) is 0 Å². The highest BCUT2D eigenvalue weighted by molar-refractivity contribution is 7.19. The zero-order chi connectivity index (χ0) is 23.3. The molecule has 1 atom stereocenters. The van der Waals surface area contributed by atoms with Crippen LogP contribution in [0, 0.1) is 6.92 Å². The first-order chi connectivity index (χ1) is 15.8. The van der Waals surface area contributed by atoms with E-state index in [1.165, 1.54) is 30.4 Å². The third-order valence-electron chi connectivity index (χ3n) is 6.17. The van der Waals surface area contributed by atoms with Crippen molar-refractivity contribution >= 4 is 33.2 Å². The molecule has 4 heterocycles. The second kappa shape index (κ2) is 8.22. The molecule has 4 aromatic heterocycles. The summed E-state index contributed by atoms with van der Waals surface area (Å²) in [6, 6.07) is 4.17. The normalized spacial score (nSPS) is 15.1. The summed E-state index contributed by atoms with van der Waals surface area (Å²) in [6.45, 7) is 7.82. The Morgan fingerprint density at radius 2 is 2.00 bits per heavy atom. The number of nitrogens with zero attached hydrogens (tertiary/aromatic N) is 3. The third-order valence-corrected chi connectivity index (χ3v) is 7.35. The van der Waals surface area contributed by atoms with Gasteiger partial charge < -0.3 is 13.9 Å². The predicted molar refractivity (Wildman–Crippen MR) is 131 cm³/mol. The molecule has 1 aliphatic rings. The first-order valence-corrected chi connectivity index (χ1v) is 12.2. The van der Waals surface area contributed by atoms with Gasteiger partial charge in [0.25, 0.3) is 0 Å². The molecule has 0 saturated carbocycles. The van der Waals surface area contributed by atoms with E-state index in [0.717, 1.165) is 51.1 Å². The van der Waals surface area contributed by atoms with Gasteiger partial charge in [-0.15, -0.1) is 11.3 Å². The van der Waals surface area contributed by atoms with Crippen molar-refractivity contribution in [1.82, 2.24) is 14.4 Å². The van der Waals surface area contributed by atoms with Gasteiger partial charge in [0.2, 0.25) is 0 Å². The number of aryl methyl sites for hydroxylation is 3. The number of rotatable bonds is 4. The molecule has 172 valence electrons. The van der Waals surface area contributed by atoms with Crippen molar-refractivity contribution in [1.29, 1.82) is 0 Å². The molecule has 7 heteroatoms. The monoisotopic (exact) mass is 463 g/mol. The van der Waals surface area contributed by atoms with Crippen molar-refractivity contribution in [2.75, 3.05) is 7.11 Å². The van der Waals surface area contributed by atoms with E-state index >= 15 is 0 Å². The molecule has 0 spiro atoms. The number of carbonyl (C=O) groups excluding carboxylic acids is 1. The minimum absolute atomic E-state index is 0.415.